The summed E-state index contributed by atoms with van der Waals surface area (Å²) in [5.41, 5.74) is 7.28. The number of anilines is 1. The second kappa shape index (κ2) is 4.31. The molecule has 0 bridgehead atoms. The Hall–Kier alpha value is -1.95. The van der Waals surface area contributed by atoms with Crippen LogP contribution in [0.4, 0.5) is 14.7 Å². The molecule has 0 amide bonds. The Bertz CT molecular complexity index is 783. The summed E-state index contributed by atoms with van der Waals surface area (Å²) in [7, 11) is 0. The topological polar surface area (TPSA) is 43.8 Å². The zero-order chi connectivity index (χ0) is 13.6. The molecule has 0 fully saturated rings. The number of aromatic nitrogens is 2. The first kappa shape index (κ1) is 12.1. The van der Waals surface area contributed by atoms with Crippen LogP contribution in [0.15, 0.2) is 40.9 Å². The summed E-state index contributed by atoms with van der Waals surface area (Å²) in [5.74, 6) is -1.17. The predicted octanol–water partition coefficient (Wildman–Crippen LogP) is 3.65. The van der Waals surface area contributed by atoms with Crippen LogP contribution in [0.2, 0.25) is 0 Å². The summed E-state index contributed by atoms with van der Waals surface area (Å²) in [6, 6.07) is 8.71. The maximum atomic E-state index is 13.9. The Balaban J connectivity index is 2.35. The molecule has 0 radical (unpaired) electrons. The quantitative estimate of drug-likeness (QED) is 0.742. The standard InChI is InChI=1S/C13H8BrF2N3/c14-7-1-3-10-12(5-7)19(13(17)18-10)11-4-2-8(15)6-9(11)16/h1-6H,(H2,17,18). The van der Waals surface area contributed by atoms with Crippen molar-refractivity contribution in [3.63, 3.8) is 0 Å². The van der Waals surface area contributed by atoms with E-state index in [-0.39, 0.29) is 11.6 Å². The number of imidazole rings is 1. The third-order valence-corrected chi connectivity index (χ3v) is 3.29. The van der Waals surface area contributed by atoms with Gasteiger partial charge < -0.3 is 5.73 Å². The summed E-state index contributed by atoms with van der Waals surface area (Å²) >= 11 is 3.34. The second-order valence-electron chi connectivity index (χ2n) is 4.03. The van der Waals surface area contributed by atoms with Gasteiger partial charge in [0, 0.05) is 10.5 Å². The van der Waals surface area contributed by atoms with Gasteiger partial charge in [0.25, 0.3) is 0 Å². The van der Waals surface area contributed by atoms with Crippen LogP contribution < -0.4 is 5.73 Å². The molecule has 0 saturated heterocycles. The number of hydrogen-bond acceptors (Lipinski definition) is 2. The fourth-order valence-corrected chi connectivity index (χ4v) is 2.33. The third kappa shape index (κ3) is 1.98. The molecule has 0 atom stereocenters. The SMILES string of the molecule is Nc1nc2ccc(Br)cc2n1-c1ccc(F)cc1F. The third-order valence-electron chi connectivity index (χ3n) is 2.79. The smallest absolute Gasteiger partial charge is 0.206 e. The van der Waals surface area contributed by atoms with Crippen molar-refractivity contribution in [3.05, 3.63) is 52.5 Å². The molecular weight excluding hydrogens is 316 g/mol. The molecule has 2 aromatic carbocycles. The molecule has 19 heavy (non-hydrogen) atoms. The van der Waals surface area contributed by atoms with Crippen molar-refractivity contribution in [3.8, 4) is 5.69 Å². The summed E-state index contributed by atoms with van der Waals surface area (Å²) in [5, 5.41) is 0. The van der Waals surface area contributed by atoms with Crippen LogP contribution >= 0.6 is 15.9 Å². The van der Waals surface area contributed by atoms with Gasteiger partial charge >= 0.3 is 0 Å². The molecule has 0 aliphatic rings. The molecule has 0 aliphatic heterocycles. The molecule has 0 spiro atoms. The molecule has 0 aliphatic carbocycles. The van der Waals surface area contributed by atoms with Crippen LogP contribution in [-0.4, -0.2) is 9.55 Å². The maximum absolute atomic E-state index is 13.9. The van der Waals surface area contributed by atoms with Gasteiger partial charge in [0.2, 0.25) is 5.95 Å². The van der Waals surface area contributed by atoms with Gasteiger partial charge in [0.15, 0.2) is 0 Å². The van der Waals surface area contributed by atoms with Crippen molar-refractivity contribution in [1.82, 2.24) is 9.55 Å². The Morgan fingerprint density at radius 3 is 2.63 bits per heavy atom. The lowest BCUT2D eigenvalue weighted by atomic mass is 10.2. The van der Waals surface area contributed by atoms with Crippen LogP contribution in [0.3, 0.4) is 0 Å². The van der Waals surface area contributed by atoms with E-state index >= 15 is 0 Å². The number of fused-ring (bicyclic) bond motifs is 1. The van der Waals surface area contributed by atoms with Crippen molar-refractivity contribution >= 4 is 32.9 Å². The van der Waals surface area contributed by atoms with Crippen molar-refractivity contribution in [2.75, 3.05) is 5.73 Å². The van der Waals surface area contributed by atoms with Gasteiger partial charge in [-0.15, -0.1) is 0 Å². The first-order valence-electron chi connectivity index (χ1n) is 5.45. The summed E-state index contributed by atoms with van der Waals surface area (Å²) in [6.07, 6.45) is 0. The lowest BCUT2D eigenvalue weighted by Crippen LogP contribution is -2.03. The van der Waals surface area contributed by atoms with Gasteiger partial charge in [-0.05, 0) is 30.3 Å². The van der Waals surface area contributed by atoms with E-state index in [0.717, 1.165) is 10.5 Å². The summed E-state index contributed by atoms with van der Waals surface area (Å²) < 4.78 is 29.1. The Morgan fingerprint density at radius 1 is 1.11 bits per heavy atom. The monoisotopic (exact) mass is 323 g/mol. The number of benzene rings is 2. The summed E-state index contributed by atoms with van der Waals surface area (Å²) in [4.78, 5) is 4.15. The minimum Gasteiger partial charge on any atom is -0.369 e. The van der Waals surface area contributed by atoms with E-state index in [1.807, 2.05) is 6.07 Å². The predicted molar refractivity (Wildman–Crippen MR) is 73.1 cm³/mol. The van der Waals surface area contributed by atoms with Gasteiger partial charge in [0.05, 0.1) is 16.7 Å². The van der Waals surface area contributed by atoms with Crippen LogP contribution in [0, 0.1) is 11.6 Å². The van der Waals surface area contributed by atoms with Gasteiger partial charge in [0.1, 0.15) is 11.6 Å². The molecule has 3 nitrogen and oxygen atoms in total. The van der Waals surface area contributed by atoms with Gasteiger partial charge in [-0.3, -0.25) is 4.57 Å². The highest BCUT2D eigenvalue weighted by molar-refractivity contribution is 9.10. The first-order chi connectivity index (χ1) is 9.06. The van der Waals surface area contributed by atoms with E-state index < -0.39 is 11.6 Å². The highest BCUT2D eigenvalue weighted by atomic mass is 79.9. The minimum absolute atomic E-state index is 0.151. The van der Waals surface area contributed by atoms with Crippen molar-refractivity contribution in [1.29, 1.82) is 0 Å². The lowest BCUT2D eigenvalue weighted by molar-refractivity contribution is 0.579. The van der Waals surface area contributed by atoms with E-state index in [1.54, 1.807) is 12.1 Å². The number of nitrogens with zero attached hydrogens (tertiary/aromatic N) is 2. The number of nitrogen functional groups attached to an aromatic ring is 1. The lowest BCUT2D eigenvalue weighted by Gasteiger charge is -2.08. The number of rotatable bonds is 1. The van der Waals surface area contributed by atoms with E-state index in [9.17, 15) is 8.78 Å². The van der Waals surface area contributed by atoms with Crippen molar-refractivity contribution in [2.24, 2.45) is 0 Å². The molecule has 0 saturated carbocycles. The molecule has 2 N–H and O–H groups in total. The van der Waals surface area contributed by atoms with Crippen LogP contribution in [0.5, 0.6) is 0 Å². The van der Waals surface area contributed by atoms with Crippen molar-refractivity contribution < 1.29 is 8.78 Å². The molecule has 1 heterocycles. The Morgan fingerprint density at radius 2 is 1.89 bits per heavy atom. The normalized spacial score (nSPS) is 11.1. The fraction of sp³-hybridized carbons (Fsp3) is 0. The van der Waals surface area contributed by atoms with E-state index in [1.165, 1.54) is 16.7 Å². The maximum Gasteiger partial charge on any atom is 0.206 e. The molecule has 0 unspecified atom stereocenters. The molecule has 96 valence electrons. The molecular formula is C13H8BrF2N3. The van der Waals surface area contributed by atoms with Gasteiger partial charge in [-0.25, -0.2) is 13.8 Å². The van der Waals surface area contributed by atoms with Crippen LogP contribution in [0.1, 0.15) is 0 Å². The Labute approximate surface area is 115 Å². The molecule has 1 aromatic heterocycles. The fourth-order valence-electron chi connectivity index (χ4n) is 1.98. The zero-order valence-electron chi connectivity index (χ0n) is 9.57. The zero-order valence-corrected chi connectivity index (χ0v) is 11.2. The summed E-state index contributed by atoms with van der Waals surface area (Å²) in [6.45, 7) is 0. The number of halogens is 3. The van der Waals surface area contributed by atoms with E-state index in [0.29, 0.717) is 11.0 Å². The number of hydrogen-bond donors (Lipinski definition) is 1. The molecule has 6 heteroatoms. The van der Waals surface area contributed by atoms with Gasteiger partial charge in [-0.2, -0.15) is 0 Å². The average molecular weight is 324 g/mol. The second-order valence-corrected chi connectivity index (χ2v) is 4.95. The largest absolute Gasteiger partial charge is 0.369 e. The van der Waals surface area contributed by atoms with Crippen LogP contribution in [-0.2, 0) is 0 Å². The average Bonchev–Trinajstić information content (AvgIpc) is 2.65. The highest BCUT2D eigenvalue weighted by Crippen LogP contribution is 2.27. The number of nitrogens with two attached hydrogens (primary N) is 1. The van der Waals surface area contributed by atoms with Gasteiger partial charge in [-0.1, -0.05) is 15.9 Å². The first-order valence-corrected chi connectivity index (χ1v) is 6.24. The Kier molecular flexibility index (Phi) is 2.74. The molecule has 3 aromatic rings. The van der Waals surface area contributed by atoms with E-state index in [2.05, 4.69) is 20.9 Å². The minimum atomic E-state index is -0.689. The van der Waals surface area contributed by atoms with E-state index in [4.69, 9.17) is 5.73 Å². The highest BCUT2D eigenvalue weighted by Gasteiger charge is 2.14. The van der Waals surface area contributed by atoms with Crippen molar-refractivity contribution in [2.45, 2.75) is 0 Å². The molecule has 3 rings (SSSR count). The van der Waals surface area contributed by atoms with Crippen LogP contribution in [0.25, 0.3) is 16.7 Å².